The average molecular weight is 331 g/mol. The maximum absolute atomic E-state index is 12.8. The molecule has 0 aliphatic heterocycles. The van der Waals surface area contributed by atoms with E-state index < -0.39 is 0 Å². The van der Waals surface area contributed by atoms with Crippen molar-refractivity contribution in [3.05, 3.63) is 72.2 Å². The molecule has 0 aliphatic carbocycles. The van der Waals surface area contributed by atoms with E-state index in [2.05, 4.69) is 21.3 Å². The Morgan fingerprint density at radius 3 is 2.68 bits per heavy atom. The van der Waals surface area contributed by atoms with Gasteiger partial charge in [-0.05, 0) is 18.2 Å². The Morgan fingerprint density at radius 2 is 1.96 bits per heavy atom. The summed E-state index contributed by atoms with van der Waals surface area (Å²) in [5.74, 6) is -0.199. The molecule has 0 radical (unpaired) electrons. The summed E-state index contributed by atoms with van der Waals surface area (Å²) in [5, 5.41) is 15.9. The number of aromatic amines is 1. The second-order valence-electron chi connectivity index (χ2n) is 5.49. The first-order chi connectivity index (χ1) is 12.3. The van der Waals surface area contributed by atoms with E-state index in [4.69, 9.17) is 5.26 Å². The molecule has 3 rings (SSSR count). The summed E-state index contributed by atoms with van der Waals surface area (Å²) in [5.41, 5.74) is 2.82. The number of nitriles is 1. The molecule has 1 amide bonds. The smallest absolute Gasteiger partial charge is 0.272 e. The molecular weight excluding hydrogens is 314 g/mol. The van der Waals surface area contributed by atoms with E-state index in [0.717, 1.165) is 11.3 Å². The van der Waals surface area contributed by atoms with Crippen LogP contribution in [0.25, 0.3) is 11.3 Å². The summed E-state index contributed by atoms with van der Waals surface area (Å²) >= 11 is 0. The highest BCUT2D eigenvalue weighted by Crippen LogP contribution is 2.18. The molecule has 3 aromatic rings. The monoisotopic (exact) mass is 331 g/mol. The van der Waals surface area contributed by atoms with Gasteiger partial charge in [0.25, 0.3) is 5.91 Å². The minimum Gasteiger partial charge on any atom is -0.330 e. The van der Waals surface area contributed by atoms with E-state index in [0.29, 0.717) is 24.5 Å². The topological polar surface area (TPSA) is 85.7 Å². The molecule has 1 N–H and O–H groups in total. The fourth-order valence-electron chi connectivity index (χ4n) is 2.48. The SMILES string of the molecule is N#CCCN(Cc1ccccn1)C(=O)c1cc(-c2ccccc2)n[nH]1. The number of H-pyrrole nitrogens is 1. The number of hydrogen-bond donors (Lipinski definition) is 1. The number of pyridine rings is 1. The summed E-state index contributed by atoms with van der Waals surface area (Å²) in [7, 11) is 0. The maximum atomic E-state index is 12.8. The molecule has 6 heteroatoms. The number of carbonyl (C=O) groups is 1. The molecule has 2 aromatic heterocycles. The van der Waals surface area contributed by atoms with Crippen LogP contribution >= 0.6 is 0 Å². The van der Waals surface area contributed by atoms with Crippen LogP contribution in [-0.4, -0.2) is 32.5 Å². The van der Waals surface area contributed by atoms with E-state index in [1.807, 2.05) is 48.5 Å². The lowest BCUT2D eigenvalue weighted by Crippen LogP contribution is -2.32. The van der Waals surface area contributed by atoms with Gasteiger partial charge in [-0.2, -0.15) is 10.4 Å². The number of carbonyl (C=O) groups excluding carboxylic acids is 1. The van der Waals surface area contributed by atoms with Gasteiger partial charge in [0.15, 0.2) is 0 Å². The van der Waals surface area contributed by atoms with Crippen LogP contribution in [0.5, 0.6) is 0 Å². The Labute approximate surface area is 145 Å². The molecule has 0 saturated heterocycles. The highest BCUT2D eigenvalue weighted by molar-refractivity contribution is 5.93. The molecule has 0 aliphatic rings. The van der Waals surface area contributed by atoms with Crippen molar-refractivity contribution in [2.75, 3.05) is 6.54 Å². The minimum atomic E-state index is -0.199. The highest BCUT2D eigenvalue weighted by atomic mass is 16.2. The third-order valence-electron chi connectivity index (χ3n) is 3.74. The molecule has 0 saturated carbocycles. The lowest BCUT2D eigenvalue weighted by Gasteiger charge is -2.20. The van der Waals surface area contributed by atoms with E-state index >= 15 is 0 Å². The van der Waals surface area contributed by atoms with Crippen LogP contribution in [0.3, 0.4) is 0 Å². The first-order valence-electron chi connectivity index (χ1n) is 7.95. The van der Waals surface area contributed by atoms with Crippen LogP contribution in [0.4, 0.5) is 0 Å². The lowest BCUT2D eigenvalue weighted by atomic mass is 10.1. The summed E-state index contributed by atoms with van der Waals surface area (Å²) < 4.78 is 0. The molecule has 2 heterocycles. The zero-order chi connectivity index (χ0) is 17.5. The molecule has 0 bridgehead atoms. The number of amides is 1. The largest absolute Gasteiger partial charge is 0.330 e. The van der Waals surface area contributed by atoms with Crippen LogP contribution in [-0.2, 0) is 6.54 Å². The Hall–Kier alpha value is -3.46. The van der Waals surface area contributed by atoms with E-state index in [1.54, 1.807) is 17.2 Å². The van der Waals surface area contributed by atoms with Gasteiger partial charge in [-0.25, -0.2) is 0 Å². The van der Waals surface area contributed by atoms with Crippen LogP contribution in [0.2, 0.25) is 0 Å². The van der Waals surface area contributed by atoms with Crippen molar-refractivity contribution in [3.8, 4) is 17.3 Å². The van der Waals surface area contributed by atoms with Gasteiger partial charge in [0.2, 0.25) is 0 Å². The fourth-order valence-corrected chi connectivity index (χ4v) is 2.48. The van der Waals surface area contributed by atoms with Crippen molar-refractivity contribution in [1.82, 2.24) is 20.1 Å². The number of hydrogen-bond acceptors (Lipinski definition) is 4. The summed E-state index contributed by atoms with van der Waals surface area (Å²) in [6.07, 6.45) is 1.95. The van der Waals surface area contributed by atoms with E-state index in [1.165, 1.54) is 0 Å². The molecule has 0 atom stereocenters. The Kier molecular flexibility index (Phi) is 5.17. The van der Waals surface area contributed by atoms with Crippen molar-refractivity contribution >= 4 is 5.91 Å². The van der Waals surface area contributed by atoms with Crippen LogP contribution in [0, 0.1) is 11.3 Å². The molecule has 0 fully saturated rings. The zero-order valence-electron chi connectivity index (χ0n) is 13.6. The van der Waals surface area contributed by atoms with Crippen molar-refractivity contribution in [1.29, 1.82) is 5.26 Å². The second kappa shape index (κ2) is 7.88. The fraction of sp³-hybridized carbons (Fsp3) is 0.158. The average Bonchev–Trinajstić information content (AvgIpc) is 3.16. The van der Waals surface area contributed by atoms with Crippen LogP contribution < -0.4 is 0 Å². The number of nitrogens with one attached hydrogen (secondary N) is 1. The van der Waals surface area contributed by atoms with Gasteiger partial charge in [-0.3, -0.25) is 14.9 Å². The van der Waals surface area contributed by atoms with Crippen LogP contribution in [0.1, 0.15) is 22.6 Å². The number of rotatable bonds is 6. The molecule has 0 unspecified atom stereocenters. The highest BCUT2D eigenvalue weighted by Gasteiger charge is 2.19. The standard InChI is InChI=1S/C19H17N5O/c20-10-6-12-24(14-16-9-4-5-11-21-16)19(25)18-13-17(22-23-18)15-7-2-1-3-8-15/h1-5,7-9,11,13H,6,12,14H2,(H,22,23). The molecule has 0 spiro atoms. The van der Waals surface area contributed by atoms with Gasteiger partial charge in [0.1, 0.15) is 5.69 Å². The third-order valence-corrected chi connectivity index (χ3v) is 3.74. The Morgan fingerprint density at radius 1 is 1.16 bits per heavy atom. The van der Waals surface area contributed by atoms with Gasteiger partial charge >= 0.3 is 0 Å². The van der Waals surface area contributed by atoms with Crippen LogP contribution in [0.15, 0.2) is 60.8 Å². The maximum Gasteiger partial charge on any atom is 0.272 e. The van der Waals surface area contributed by atoms with Crippen molar-refractivity contribution in [3.63, 3.8) is 0 Å². The van der Waals surface area contributed by atoms with Gasteiger partial charge < -0.3 is 4.90 Å². The third kappa shape index (κ3) is 4.09. The summed E-state index contributed by atoms with van der Waals surface area (Å²) in [6.45, 7) is 0.687. The summed E-state index contributed by atoms with van der Waals surface area (Å²) in [4.78, 5) is 18.7. The predicted molar refractivity (Wildman–Crippen MR) is 93.2 cm³/mol. The summed E-state index contributed by atoms with van der Waals surface area (Å²) in [6, 6.07) is 19.0. The quantitative estimate of drug-likeness (QED) is 0.752. The van der Waals surface area contributed by atoms with Crippen molar-refractivity contribution in [2.45, 2.75) is 13.0 Å². The molecule has 25 heavy (non-hydrogen) atoms. The first kappa shape index (κ1) is 16.4. The van der Waals surface area contributed by atoms with E-state index in [-0.39, 0.29) is 12.3 Å². The normalized spacial score (nSPS) is 10.2. The number of aromatic nitrogens is 3. The predicted octanol–water partition coefficient (Wildman–Crippen LogP) is 3.03. The van der Waals surface area contributed by atoms with Gasteiger partial charge in [0.05, 0.1) is 30.4 Å². The molecule has 1 aromatic carbocycles. The van der Waals surface area contributed by atoms with Crippen molar-refractivity contribution in [2.24, 2.45) is 0 Å². The van der Waals surface area contributed by atoms with Gasteiger partial charge in [-0.15, -0.1) is 0 Å². The lowest BCUT2D eigenvalue weighted by molar-refractivity contribution is 0.0739. The van der Waals surface area contributed by atoms with Crippen molar-refractivity contribution < 1.29 is 4.79 Å². The number of nitrogens with zero attached hydrogens (tertiary/aromatic N) is 4. The number of benzene rings is 1. The minimum absolute atomic E-state index is 0.199. The molecule has 124 valence electrons. The Balaban J connectivity index is 1.80. The van der Waals surface area contributed by atoms with E-state index in [9.17, 15) is 4.79 Å². The van der Waals surface area contributed by atoms with Gasteiger partial charge in [-0.1, -0.05) is 36.4 Å². The van der Waals surface area contributed by atoms with Gasteiger partial charge in [0, 0.05) is 18.3 Å². The first-order valence-corrected chi connectivity index (χ1v) is 7.95. The second-order valence-corrected chi connectivity index (χ2v) is 5.49. The molecule has 6 nitrogen and oxygen atoms in total. The Bertz CT molecular complexity index is 868. The molecular formula is C19H17N5O. The zero-order valence-corrected chi connectivity index (χ0v) is 13.6.